The molecule has 1 aliphatic heterocycles. The molecule has 0 saturated carbocycles. The molecule has 1 fully saturated rings. The summed E-state index contributed by atoms with van der Waals surface area (Å²) in [5.74, 6) is 5.67. The van der Waals surface area contributed by atoms with Crippen molar-refractivity contribution >= 4 is 0 Å². The number of halogens is 1. The molecule has 0 N–H and O–H groups in total. The van der Waals surface area contributed by atoms with Gasteiger partial charge in [-0.3, -0.25) is 4.90 Å². The Labute approximate surface area is 191 Å². The summed E-state index contributed by atoms with van der Waals surface area (Å²) in [5.41, 5.74) is 7.25. The van der Waals surface area contributed by atoms with E-state index in [2.05, 4.69) is 46.9 Å². The summed E-state index contributed by atoms with van der Waals surface area (Å²) in [4.78, 5) is 6.81. The number of likely N-dealkylation sites (tertiary alicyclic amines) is 1. The fraction of sp³-hybridized carbons (Fsp3) is 0.345. The van der Waals surface area contributed by atoms with Crippen LogP contribution in [0, 0.1) is 24.6 Å². The number of nitrogens with zero attached hydrogens (tertiary/aromatic N) is 2. The van der Waals surface area contributed by atoms with Gasteiger partial charge in [0.15, 0.2) is 5.82 Å². The number of pyridine rings is 1. The predicted molar refractivity (Wildman–Crippen MR) is 131 cm³/mol. The second kappa shape index (κ2) is 10.6. The maximum absolute atomic E-state index is 14.5. The Morgan fingerprint density at radius 1 is 1.03 bits per heavy atom. The topological polar surface area (TPSA) is 16.1 Å². The summed E-state index contributed by atoms with van der Waals surface area (Å²) in [5, 5.41) is 0. The zero-order valence-electron chi connectivity index (χ0n) is 19.1. The first kappa shape index (κ1) is 22.2. The van der Waals surface area contributed by atoms with E-state index in [4.69, 9.17) is 0 Å². The lowest BCUT2D eigenvalue weighted by molar-refractivity contribution is 0.370. The summed E-state index contributed by atoms with van der Waals surface area (Å²) < 4.78 is 14.5. The minimum absolute atomic E-state index is 0.219. The van der Waals surface area contributed by atoms with E-state index in [1.807, 2.05) is 31.2 Å². The summed E-state index contributed by atoms with van der Waals surface area (Å²) in [6.45, 7) is 7.75. The SMILES string of the molecule is CC1=CC(CCC#Cc2ncc(-c3ccc(C)cc3)cc2F)=CCC=C1CN1CCCC1. The maximum atomic E-state index is 14.5. The van der Waals surface area contributed by atoms with Crippen molar-refractivity contribution in [1.82, 2.24) is 9.88 Å². The summed E-state index contributed by atoms with van der Waals surface area (Å²) in [6, 6.07) is 9.53. The Bertz CT molecular complexity index is 1100. The first-order chi connectivity index (χ1) is 15.6. The maximum Gasteiger partial charge on any atom is 0.158 e. The quantitative estimate of drug-likeness (QED) is 0.499. The highest BCUT2D eigenvalue weighted by Crippen LogP contribution is 2.23. The Morgan fingerprint density at radius 2 is 1.81 bits per heavy atom. The fourth-order valence-corrected chi connectivity index (χ4v) is 4.28. The molecule has 32 heavy (non-hydrogen) atoms. The summed E-state index contributed by atoms with van der Waals surface area (Å²) in [6.07, 6.45) is 13.8. The second-order valence-electron chi connectivity index (χ2n) is 8.78. The Balaban J connectivity index is 1.34. The Morgan fingerprint density at radius 3 is 2.56 bits per heavy atom. The van der Waals surface area contributed by atoms with Crippen LogP contribution in [0.2, 0.25) is 0 Å². The second-order valence-corrected chi connectivity index (χ2v) is 8.78. The molecule has 1 saturated heterocycles. The number of allylic oxidation sites excluding steroid dienone is 4. The average molecular weight is 427 g/mol. The predicted octanol–water partition coefficient (Wildman–Crippen LogP) is 6.63. The van der Waals surface area contributed by atoms with Crippen LogP contribution < -0.4 is 0 Å². The van der Waals surface area contributed by atoms with Crippen molar-refractivity contribution in [3.8, 4) is 23.0 Å². The first-order valence-corrected chi connectivity index (χ1v) is 11.6. The lowest BCUT2D eigenvalue weighted by Crippen LogP contribution is -2.22. The monoisotopic (exact) mass is 426 g/mol. The van der Waals surface area contributed by atoms with E-state index >= 15 is 0 Å². The molecule has 1 aromatic carbocycles. The molecule has 2 heterocycles. The van der Waals surface area contributed by atoms with Crippen LogP contribution in [0.15, 0.2) is 71.5 Å². The molecule has 0 radical (unpaired) electrons. The molecule has 0 unspecified atom stereocenters. The van der Waals surface area contributed by atoms with Crippen molar-refractivity contribution in [2.24, 2.45) is 0 Å². The lowest BCUT2D eigenvalue weighted by atomic mass is 10.0. The largest absolute Gasteiger partial charge is 0.299 e. The molecular weight excluding hydrogens is 395 g/mol. The van der Waals surface area contributed by atoms with Crippen LogP contribution in [-0.2, 0) is 0 Å². The molecule has 4 rings (SSSR count). The number of hydrogen-bond acceptors (Lipinski definition) is 2. The van der Waals surface area contributed by atoms with E-state index in [-0.39, 0.29) is 11.5 Å². The highest BCUT2D eigenvalue weighted by Gasteiger charge is 2.14. The minimum Gasteiger partial charge on any atom is -0.299 e. The van der Waals surface area contributed by atoms with E-state index < -0.39 is 0 Å². The third-order valence-corrected chi connectivity index (χ3v) is 6.22. The van der Waals surface area contributed by atoms with Gasteiger partial charge < -0.3 is 0 Å². The van der Waals surface area contributed by atoms with Crippen LogP contribution in [0.3, 0.4) is 0 Å². The van der Waals surface area contributed by atoms with Gasteiger partial charge in [0, 0.05) is 24.7 Å². The lowest BCUT2D eigenvalue weighted by Gasteiger charge is -2.17. The van der Waals surface area contributed by atoms with Gasteiger partial charge in [-0.15, -0.1) is 0 Å². The molecule has 2 aromatic rings. The smallest absolute Gasteiger partial charge is 0.158 e. The number of aromatic nitrogens is 1. The van der Waals surface area contributed by atoms with Gasteiger partial charge in [0.1, 0.15) is 5.69 Å². The van der Waals surface area contributed by atoms with Crippen LogP contribution >= 0.6 is 0 Å². The van der Waals surface area contributed by atoms with E-state index in [0.717, 1.165) is 30.5 Å². The van der Waals surface area contributed by atoms with Crippen molar-refractivity contribution < 1.29 is 4.39 Å². The van der Waals surface area contributed by atoms with Gasteiger partial charge in [0.25, 0.3) is 0 Å². The fourth-order valence-electron chi connectivity index (χ4n) is 4.28. The average Bonchev–Trinajstić information content (AvgIpc) is 3.23. The normalized spacial score (nSPS) is 16.5. The van der Waals surface area contributed by atoms with Crippen LogP contribution in [-0.4, -0.2) is 29.5 Å². The third-order valence-electron chi connectivity index (χ3n) is 6.22. The van der Waals surface area contributed by atoms with Crippen LogP contribution in [0.1, 0.15) is 50.3 Å². The zero-order valence-corrected chi connectivity index (χ0v) is 19.1. The van der Waals surface area contributed by atoms with Crippen molar-refractivity contribution in [2.75, 3.05) is 19.6 Å². The molecule has 0 bridgehead atoms. The third kappa shape index (κ3) is 5.84. The molecule has 2 nitrogen and oxygen atoms in total. The zero-order chi connectivity index (χ0) is 22.3. The van der Waals surface area contributed by atoms with E-state index in [1.54, 1.807) is 6.20 Å². The van der Waals surface area contributed by atoms with Gasteiger partial charge in [0.05, 0.1) is 0 Å². The van der Waals surface area contributed by atoms with E-state index in [0.29, 0.717) is 6.42 Å². The molecular formula is C29H31FN2. The van der Waals surface area contributed by atoms with Gasteiger partial charge in [-0.05, 0) is 81.3 Å². The molecule has 3 heteroatoms. The van der Waals surface area contributed by atoms with Gasteiger partial charge in [0.2, 0.25) is 0 Å². The number of hydrogen-bond donors (Lipinski definition) is 0. The van der Waals surface area contributed by atoms with Gasteiger partial charge in [-0.25, -0.2) is 9.37 Å². The summed E-state index contributed by atoms with van der Waals surface area (Å²) in [7, 11) is 0. The standard InChI is InChI=1S/C29H31FN2/c1-22-12-14-25(15-13-22)27-19-28(30)29(31-20-27)11-4-3-8-24-9-7-10-26(23(2)18-24)21-32-16-5-6-17-32/h9-10,12-15,18-20H,3,5-8,16-17,21H2,1-2H3. The van der Waals surface area contributed by atoms with E-state index in [1.165, 1.54) is 54.3 Å². The van der Waals surface area contributed by atoms with E-state index in [9.17, 15) is 4.39 Å². The van der Waals surface area contributed by atoms with Gasteiger partial charge >= 0.3 is 0 Å². The number of benzene rings is 1. The molecule has 0 atom stereocenters. The van der Waals surface area contributed by atoms with Crippen molar-refractivity contribution in [3.63, 3.8) is 0 Å². The van der Waals surface area contributed by atoms with Gasteiger partial charge in [-0.1, -0.05) is 59.6 Å². The van der Waals surface area contributed by atoms with Crippen molar-refractivity contribution in [2.45, 2.75) is 46.0 Å². The molecule has 0 amide bonds. The van der Waals surface area contributed by atoms with Crippen LogP contribution in [0.25, 0.3) is 11.1 Å². The first-order valence-electron chi connectivity index (χ1n) is 11.6. The molecule has 1 aliphatic carbocycles. The van der Waals surface area contributed by atoms with Crippen LogP contribution in [0.5, 0.6) is 0 Å². The molecule has 1 aromatic heterocycles. The number of rotatable bonds is 5. The number of aryl methyl sites for hydroxylation is 1. The van der Waals surface area contributed by atoms with Crippen molar-refractivity contribution in [3.05, 3.63) is 88.6 Å². The highest BCUT2D eigenvalue weighted by molar-refractivity contribution is 5.63. The summed E-state index contributed by atoms with van der Waals surface area (Å²) >= 11 is 0. The molecule has 2 aliphatic rings. The van der Waals surface area contributed by atoms with Crippen molar-refractivity contribution in [1.29, 1.82) is 0 Å². The Hall–Kier alpha value is -2.96. The van der Waals surface area contributed by atoms with Crippen LogP contribution in [0.4, 0.5) is 4.39 Å². The molecule has 0 spiro atoms. The minimum atomic E-state index is -0.365. The van der Waals surface area contributed by atoms with Gasteiger partial charge in [-0.2, -0.15) is 0 Å². The highest BCUT2D eigenvalue weighted by atomic mass is 19.1. The molecule has 164 valence electrons. The Kier molecular flexibility index (Phi) is 7.35.